The molecule has 0 radical (unpaired) electrons. The smallest absolute Gasteiger partial charge is 0.407 e. The quantitative estimate of drug-likeness (QED) is 0.587. The average Bonchev–Trinajstić information content (AvgIpc) is 2.85. The van der Waals surface area contributed by atoms with Gasteiger partial charge < -0.3 is 20.7 Å². The second kappa shape index (κ2) is 8.00. The van der Waals surface area contributed by atoms with E-state index in [9.17, 15) is 9.59 Å². The molecule has 22 heavy (non-hydrogen) atoms. The summed E-state index contributed by atoms with van der Waals surface area (Å²) in [4.78, 5) is 30.4. The summed E-state index contributed by atoms with van der Waals surface area (Å²) in [7, 11) is 1.28. The number of hydrogen-bond acceptors (Lipinski definition) is 4. The van der Waals surface area contributed by atoms with E-state index >= 15 is 0 Å². The largest absolute Gasteiger partial charge is 0.453 e. The van der Waals surface area contributed by atoms with Crippen LogP contribution in [0, 0.1) is 5.92 Å². The van der Waals surface area contributed by atoms with Gasteiger partial charge in [0.05, 0.1) is 13.2 Å². The van der Waals surface area contributed by atoms with Gasteiger partial charge in [0, 0.05) is 12.6 Å². The lowest BCUT2D eigenvalue weighted by molar-refractivity contribution is -0.135. The molecule has 1 heterocycles. The molecule has 0 unspecified atom stereocenters. The molecule has 0 aromatic heterocycles. The lowest BCUT2D eigenvalue weighted by Gasteiger charge is -2.33. The van der Waals surface area contributed by atoms with Crippen molar-refractivity contribution in [3.63, 3.8) is 0 Å². The highest BCUT2D eigenvalue weighted by Gasteiger charge is 2.40. The zero-order valence-corrected chi connectivity index (χ0v) is 14.1. The topological polar surface area (TPSA) is 97.0 Å². The minimum absolute atomic E-state index is 0.0515. The highest BCUT2D eigenvalue weighted by Crippen LogP contribution is 2.26. The van der Waals surface area contributed by atoms with E-state index in [1.165, 1.54) is 7.11 Å². The number of alkyl carbamates (subject to hydrolysis) is 1. The van der Waals surface area contributed by atoms with E-state index in [1.54, 1.807) is 4.90 Å². The second-order valence-corrected chi connectivity index (χ2v) is 5.94. The molecule has 1 fully saturated rings. The maximum atomic E-state index is 12.9. The first-order chi connectivity index (χ1) is 10.3. The van der Waals surface area contributed by atoms with Crippen molar-refractivity contribution in [1.29, 1.82) is 0 Å². The molecular formula is C15H28N4O3. The zero-order chi connectivity index (χ0) is 16.9. The standard InChI is InChI=1S/C15H28N4O3/c1-6-17-13(16)11-8-7-10(4)19(11)14(20)12(9(2)3)18-15(21)22-5/h9-12H,6-8H2,1-5H3,(H2,16,17)(H,18,21)/t10-,11-,12-/m0/s1. The van der Waals surface area contributed by atoms with E-state index in [1.807, 2.05) is 27.7 Å². The van der Waals surface area contributed by atoms with Crippen LogP contribution in [0.5, 0.6) is 0 Å². The van der Waals surface area contributed by atoms with Gasteiger partial charge in [0.1, 0.15) is 11.9 Å². The third-order valence-corrected chi connectivity index (χ3v) is 4.00. The fraction of sp³-hybridized carbons (Fsp3) is 0.800. The molecule has 0 aromatic rings. The van der Waals surface area contributed by atoms with Crippen molar-refractivity contribution < 1.29 is 14.3 Å². The molecule has 3 atom stereocenters. The minimum atomic E-state index is -0.634. The maximum absolute atomic E-state index is 12.9. The van der Waals surface area contributed by atoms with Crippen LogP contribution in [0.4, 0.5) is 4.79 Å². The second-order valence-electron chi connectivity index (χ2n) is 5.94. The highest BCUT2D eigenvalue weighted by atomic mass is 16.5. The molecule has 3 N–H and O–H groups in total. The molecule has 126 valence electrons. The van der Waals surface area contributed by atoms with Crippen LogP contribution in [-0.4, -0.2) is 54.5 Å². The molecule has 0 aliphatic carbocycles. The zero-order valence-electron chi connectivity index (χ0n) is 14.1. The third-order valence-electron chi connectivity index (χ3n) is 4.00. The SMILES string of the molecule is CC/N=C(\N)[C@@H]1CC[C@H](C)N1C(=O)[C@@H](NC(=O)OC)C(C)C. The Labute approximate surface area is 132 Å². The van der Waals surface area contributed by atoms with E-state index in [0.717, 1.165) is 12.8 Å². The molecule has 1 aliphatic heterocycles. The van der Waals surface area contributed by atoms with Crippen molar-refractivity contribution in [3.05, 3.63) is 0 Å². The van der Waals surface area contributed by atoms with Crippen LogP contribution in [0.3, 0.4) is 0 Å². The van der Waals surface area contributed by atoms with Crippen LogP contribution in [-0.2, 0) is 9.53 Å². The van der Waals surface area contributed by atoms with Crippen LogP contribution in [0.1, 0.15) is 40.5 Å². The predicted molar refractivity (Wildman–Crippen MR) is 85.7 cm³/mol. The van der Waals surface area contributed by atoms with E-state index < -0.39 is 12.1 Å². The lowest BCUT2D eigenvalue weighted by Crippen LogP contribution is -2.56. The Morgan fingerprint density at radius 2 is 2.05 bits per heavy atom. The normalized spacial score (nSPS) is 23.5. The predicted octanol–water partition coefficient (Wildman–Crippen LogP) is 1.12. The van der Waals surface area contributed by atoms with Gasteiger partial charge in [0.2, 0.25) is 5.91 Å². The number of hydrogen-bond donors (Lipinski definition) is 2. The molecule has 1 saturated heterocycles. The number of carbonyl (C=O) groups is 2. The number of nitrogens with one attached hydrogen (secondary N) is 1. The van der Waals surface area contributed by atoms with E-state index in [-0.39, 0.29) is 23.9 Å². The number of aliphatic imine (C=N–C) groups is 1. The fourth-order valence-corrected chi connectivity index (χ4v) is 2.79. The van der Waals surface area contributed by atoms with Crippen molar-refractivity contribution in [2.24, 2.45) is 16.6 Å². The van der Waals surface area contributed by atoms with E-state index in [0.29, 0.717) is 12.4 Å². The number of ether oxygens (including phenoxy) is 1. The Morgan fingerprint density at radius 3 is 2.55 bits per heavy atom. The summed E-state index contributed by atoms with van der Waals surface area (Å²) in [6.45, 7) is 8.27. The van der Waals surface area contributed by atoms with Gasteiger partial charge in [-0.15, -0.1) is 0 Å². The monoisotopic (exact) mass is 312 g/mol. The van der Waals surface area contributed by atoms with Gasteiger partial charge in [-0.05, 0) is 32.6 Å². The Hall–Kier alpha value is -1.79. The number of amidine groups is 1. The number of carbonyl (C=O) groups excluding carboxylic acids is 2. The molecule has 0 spiro atoms. The van der Waals surface area contributed by atoms with Gasteiger partial charge in [-0.25, -0.2) is 4.79 Å². The van der Waals surface area contributed by atoms with Crippen molar-refractivity contribution in [2.75, 3.05) is 13.7 Å². The van der Waals surface area contributed by atoms with Crippen molar-refractivity contribution in [2.45, 2.75) is 58.7 Å². The number of rotatable bonds is 5. The summed E-state index contributed by atoms with van der Waals surface area (Å²) in [6.07, 6.45) is 1.07. The molecular weight excluding hydrogens is 284 g/mol. The van der Waals surface area contributed by atoms with Crippen LogP contribution < -0.4 is 11.1 Å². The Balaban J connectivity index is 2.98. The summed E-state index contributed by atoms with van der Waals surface area (Å²) in [5.41, 5.74) is 6.03. The summed E-state index contributed by atoms with van der Waals surface area (Å²) in [6, 6.07) is -0.753. The van der Waals surface area contributed by atoms with E-state index in [2.05, 4.69) is 15.0 Å². The van der Waals surface area contributed by atoms with E-state index in [4.69, 9.17) is 5.73 Å². The molecule has 2 amide bonds. The van der Waals surface area contributed by atoms with Crippen molar-refractivity contribution in [3.8, 4) is 0 Å². The number of methoxy groups -OCH3 is 1. The number of amides is 2. The van der Waals surface area contributed by atoms with Gasteiger partial charge in [0.15, 0.2) is 0 Å². The summed E-state index contributed by atoms with van der Waals surface area (Å²) in [5, 5.41) is 2.62. The maximum Gasteiger partial charge on any atom is 0.407 e. The van der Waals surface area contributed by atoms with Crippen LogP contribution in [0.25, 0.3) is 0 Å². The van der Waals surface area contributed by atoms with Crippen LogP contribution in [0.15, 0.2) is 4.99 Å². The third kappa shape index (κ3) is 4.11. The fourth-order valence-electron chi connectivity index (χ4n) is 2.79. The molecule has 0 saturated carbocycles. The Morgan fingerprint density at radius 1 is 1.41 bits per heavy atom. The Kier molecular flexibility index (Phi) is 6.64. The average molecular weight is 312 g/mol. The van der Waals surface area contributed by atoms with Gasteiger partial charge in [-0.2, -0.15) is 0 Å². The molecule has 1 rings (SSSR count). The molecule has 0 aromatic carbocycles. The summed E-state index contributed by atoms with van der Waals surface area (Å²) >= 11 is 0. The first kappa shape index (κ1) is 18.3. The van der Waals surface area contributed by atoms with Crippen molar-refractivity contribution >= 4 is 17.8 Å². The van der Waals surface area contributed by atoms with Crippen LogP contribution >= 0.6 is 0 Å². The molecule has 7 heteroatoms. The molecule has 7 nitrogen and oxygen atoms in total. The highest BCUT2D eigenvalue weighted by molar-refractivity contribution is 5.93. The number of nitrogens with two attached hydrogens (primary N) is 1. The summed E-state index contributed by atoms with van der Waals surface area (Å²) in [5.74, 6) is 0.301. The van der Waals surface area contributed by atoms with Crippen LogP contribution in [0.2, 0.25) is 0 Å². The minimum Gasteiger partial charge on any atom is -0.453 e. The first-order valence-electron chi connectivity index (χ1n) is 7.79. The van der Waals surface area contributed by atoms with Gasteiger partial charge in [0.25, 0.3) is 0 Å². The first-order valence-corrected chi connectivity index (χ1v) is 7.79. The lowest BCUT2D eigenvalue weighted by atomic mass is 10.0. The molecule has 0 bridgehead atoms. The van der Waals surface area contributed by atoms with Gasteiger partial charge in [-0.3, -0.25) is 9.79 Å². The number of nitrogens with zero attached hydrogens (tertiary/aromatic N) is 2. The van der Waals surface area contributed by atoms with Crippen molar-refractivity contribution in [1.82, 2.24) is 10.2 Å². The number of likely N-dealkylation sites (tertiary alicyclic amines) is 1. The molecule has 1 aliphatic rings. The Bertz CT molecular complexity index is 437. The van der Waals surface area contributed by atoms with Gasteiger partial charge >= 0.3 is 6.09 Å². The summed E-state index contributed by atoms with van der Waals surface area (Å²) < 4.78 is 4.61. The van der Waals surface area contributed by atoms with Gasteiger partial charge in [-0.1, -0.05) is 13.8 Å².